The Morgan fingerprint density at radius 1 is 1.20 bits per heavy atom. The first-order valence-corrected chi connectivity index (χ1v) is 7.27. The van der Waals surface area contributed by atoms with E-state index >= 15 is 0 Å². The highest BCUT2D eigenvalue weighted by molar-refractivity contribution is 5.74. The first kappa shape index (κ1) is 15.1. The van der Waals surface area contributed by atoms with Crippen LogP contribution in [-0.4, -0.2) is 66.8 Å². The van der Waals surface area contributed by atoms with Gasteiger partial charge in [-0.25, -0.2) is 9.80 Å². The molecular formula is C13H24N4O3. The fourth-order valence-corrected chi connectivity index (χ4v) is 2.93. The number of hydrogen-bond donors (Lipinski definition) is 3. The molecule has 114 valence electrons. The molecule has 0 aromatic heterocycles. The molecule has 1 saturated carbocycles. The molecule has 2 aliphatic rings. The van der Waals surface area contributed by atoms with Crippen molar-refractivity contribution in [3.63, 3.8) is 0 Å². The van der Waals surface area contributed by atoms with Crippen LogP contribution in [0.4, 0.5) is 4.79 Å². The van der Waals surface area contributed by atoms with Crippen molar-refractivity contribution in [1.82, 2.24) is 20.7 Å². The molecule has 1 aliphatic heterocycles. The second-order valence-electron chi connectivity index (χ2n) is 5.75. The predicted molar refractivity (Wildman–Crippen MR) is 74.1 cm³/mol. The van der Waals surface area contributed by atoms with E-state index in [4.69, 9.17) is 5.11 Å². The number of nitrogens with one attached hydrogen (secondary N) is 2. The third kappa shape index (κ3) is 4.08. The summed E-state index contributed by atoms with van der Waals surface area (Å²) in [5.41, 5.74) is 2.82. The molecular weight excluding hydrogens is 260 g/mol. The number of carboxylic acid groups (broad SMARTS) is 1. The van der Waals surface area contributed by atoms with Crippen molar-refractivity contribution in [3.05, 3.63) is 0 Å². The van der Waals surface area contributed by atoms with Gasteiger partial charge < -0.3 is 15.3 Å². The summed E-state index contributed by atoms with van der Waals surface area (Å²) in [4.78, 5) is 25.1. The minimum absolute atomic E-state index is 0.0609. The summed E-state index contributed by atoms with van der Waals surface area (Å²) < 4.78 is 0. The number of urea groups is 1. The minimum atomic E-state index is -0.742. The molecule has 7 nitrogen and oxygen atoms in total. The quantitative estimate of drug-likeness (QED) is 0.674. The average molecular weight is 284 g/mol. The molecule has 0 bridgehead atoms. The van der Waals surface area contributed by atoms with Gasteiger partial charge in [0.2, 0.25) is 0 Å². The van der Waals surface area contributed by atoms with Crippen LogP contribution in [0.15, 0.2) is 0 Å². The number of aliphatic carboxylic acids is 1. The lowest BCUT2D eigenvalue weighted by molar-refractivity contribution is -0.142. The zero-order valence-corrected chi connectivity index (χ0v) is 12.0. The van der Waals surface area contributed by atoms with Gasteiger partial charge in [-0.2, -0.15) is 0 Å². The van der Waals surface area contributed by atoms with E-state index in [1.165, 1.54) is 0 Å². The number of hydrazine groups is 1. The van der Waals surface area contributed by atoms with E-state index in [1.807, 2.05) is 5.01 Å². The van der Waals surface area contributed by atoms with Gasteiger partial charge in [-0.15, -0.1) is 0 Å². The third-order valence-corrected chi connectivity index (χ3v) is 4.26. The Labute approximate surface area is 119 Å². The summed E-state index contributed by atoms with van der Waals surface area (Å²) >= 11 is 0. The van der Waals surface area contributed by atoms with Crippen molar-refractivity contribution < 1.29 is 14.7 Å². The maximum absolute atomic E-state index is 11.8. The largest absolute Gasteiger partial charge is 0.481 e. The molecule has 2 amide bonds. The van der Waals surface area contributed by atoms with Crippen LogP contribution in [-0.2, 0) is 4.79 Å². The molecule has 20 heavy (non-hydrogen) atoms. The molecule has 0 radical (unpaired) electrons. The maximum Gasteiger partial charge on any atom is 0.329 e. The number of carbonyl (C=O) groups is 2. The number of amides is 2. The maximum atomic E-state index is 11.8. The van der Waals surface area contributed by atoms with Crippen LogP contribution in [0.3, 0.4) is 0 Å². The van der Waals surface area contributed by atoms with Crippen molar-refractivity contribution in [2.24, 2.45) is 11.8 Å². The standard InChI is InChI=1S/C13H24N4O3/c1-16-5-7-17(8-6-16)15-13(20)14-9-10-3-2-4-11(10)12(18)19/h10-11H,2-9H2,1H3,(H,18,19)(H2,14,15,20). The number of likely N-dealkylation sites (N-methyl/N-ethyl adjacent to an activating group) is 1. The molecule has 0 aromatic rings. The number of nitrogens with zero attached hydrogens (tertiary/aromatic N) is 2. The van der Waals surface area contributed by atoms with Gasteiger partial charge in [0.15, 0.2) is 0 Å². The molecule has 3 N–H and O–H groups in total. The van der Waals surface area contributed by atoms with Gasteiger partial charge >= 0.3 is 12.0 Å². The smallest absolute Gasteiger partial charge is 0.329 e. The van der Waals surface area contributed by atoms with Gasteiger partial charge in [0, 0.05) is 32.7 Å². The van der Waals surface area contributed by atoms with Crippen molar-refractivity contribution in [2.45, 2.75) is 19.3 Å². The normalized spacial score (nSPS) is 28.2. The number of piperazine rings is 1. The van der Waals surface area contributed by atoms with Crippen molar-refractivity contribution in [3.8, 4) is 0 Å². The second kappa shape index (κ2) is 6.90. The van der Waals surface area contributed by atoms with Crippen LogP contribution in [0.2, 0.25) is 0 Å². The molecule has 2 rings (SSSR count). The number of hydrogen-bond acceptors (Lipinski definition) is 4. The van der Waals surface area contributed by atoms with Crippen LogP contribution in [0.1, 0.15) is 19.3 Å². The SMILES string of the molecule is CN1CCN(NC(=O)NCC2CCCC2C(=O)O)CC1. The Morgan fingerprint density at radius 3 is 2.55 bits per heavy atom. The Balaban J connectivity index is 1.68. The molecule has 1 heterocycles. The van der Waals surface area contributed by atoms with E-state index in [9.17, 15) is 9.59 Å². The summed E-state index contributed by atoms with van der Waals surface area (Å²) in [6.07, 6.45) is 2.54. The van der Waals surface area contributed by atoms with Gasteiger partial charge in [0.25, 0.3) is 0 Å². The van der Waals surface area contributed by atoms with E-state index in [1.54, 1.807) is 0 Å². The summed E-state index contributed by atoms with van der Waals surface area (Å²) in [5, 5.41) is 13.8. The molecule has 1 aliphatic carbocycles. The van der Waals surface area contributed by atoms with Crippen LogP contribution >= 0.6 is 0 Å². The van der Waals surface area contributed by atoms with E-state index in [0.29, 0.717) is 6.54 Å². The van der Waals surface area contributed by atoms with E-state index in [2.05, 4.69) is 22.7 Å². The van der Waals surface area contributed by atoms with E-state index < -0.39 is 5.97 Å². The van der Waals surface area contributed by atoms with Crippen LogP contribution in [0.5, 0.6) is 0 Å². The zero-order valence-electron chi connectivity index (χ0n) is 12.0. The average Bonchev–Trinajstić information content (AvgIpc) is 2.88. The fourth-order valence-electron chi connectivity index (χ4n) is 2.93. The summed E-state index contributed by atoms with van der Waals surface area (Å²) in [5.74, 6) is -0.988. The van der Waals surface area contributed by atoms with E-state index in [0.717, 1.165) is 45.4 Å². The van der Waals surface area contributed by atoms with Crippen molar-refractivity contribution >= 4 is 12.0 Å². The topological polar surface area (TPSA) is 84.9 Å². The summed E-state index contributed by atoms with van der Waals surface area (Å²) in [6, 6.07) is -0.231. The van der Waals surface area contributed by atoms with E-state index in [-0.39, 0.29) is 17.9 Å². The van der Waals surface area contributed by atoms with Gasteiger partial charge in [-0.1, -0.05) is 6.42 Å². The van der Waals surface area contributed by atoms with Crippen molar-refractivity contribution in [2.75, 3.05) is 39.8 Å². The van der Waals surface area contributed by atoms with Crippen LogP contribution in [0, 0.1) is 11.8 Å². The van der Waals surface area contributed by atoms with Gasteiger partial charge in [-0.05, 0) is 25.8 Å². The highest BCUT2D eigenvalue weighted by atomic mass is 16.4. The Bertz CT molecular complexity index is 356. The number of carbonyl (C=O) groups excluding carboxylic acids is 1. The molecule has 2 unspecified atom stereocenters. The number of carboxylic acids is 1. The Kier molecular flexibility index (Phi) is 5.19. The highest BCUT2D eigenvalue weighted by Gasteiger charge is 2.32. The Morgan fingerprint density at radius 2 is 1.90 bits per heavy atom. The first-order valence-electron chi connectivity index (χ1n) is 7.27. The van der Waals surface area contributed by atoms with Crippen LogP contribution < -0.4 is 10.7 Å². The zero-order chi connectivity index (χ0) is 14.5. The van der Waals surface area contributed by atoms with Gasteiger partial charge in [-0.3, -0.25) is 10.2 Å². The second-order valence-corrected chi connectivity index (χ2v) is 5.75. The first-order chi connectivity index (χ1) is 9.56. The molecule has 2 atom stereocenters. The lowest BCUT2D eigenvalue weighted by Crippen LogP contribution is -2.55. The Hall–Kier alpha value is -1.34. The van der Waals surface area contributed by atoms with Crippen LogP contribution in [0.25, 0.3) is 0 Å². The molecule has 2 fully saturated rings. The lowest BCUT2D eigenvalue weighted by atomic mass is 9.96. The molecule has 1 saturated heterocycles. The van der Waals surface area contributed by atoms with Gasteiger partial charge in [0.1, 0.15) is 0 Å². The minimum Gasteiger partial charge on any atom is -0.481 e. The number of rotatable bonds is 4. The van der Waals surface area contributed by atoms with Gasteiger partial charge in [0.05, 0.1) is 5.92 Å². The lowest BCUT2D eigenvalue weighted by Gasteiger charge is -2.32. The molecule has 0 aromatic carbocycles. The van der Waals surface area contributed by atoms with Crippen molar-refractivity contribution in [1.29, 1.82) is 0 Å². The third-order valence-electron chi connectivity index (χ3n) is 4.26. The highest BCUT2D eigenvalue weighted by Crippen LogP contribution is 2.31. The summed E-state index contributed by atoms with van der Waals surface area (Å²) in [7, 11) is 2.06. The molecule has 0 spiro atoms. The molecule has 7 heteroatoms. The summed E-state index contributed by atoms with van der Waals surface area (Å²) in [6.45, 7) is 3.93. The fraction of sp³-hybridized carbons (Fsp3) is 0.846. The predicted octanol–water partition coefficient (Wildman–Crippen LogP) is -0.0511. The monoisotopic (exact) mass is 284 g/mol.